The second kappa shape index (κ2) is 9.05. The number of phenolic OH excluding ortho intramolecular Hbond substituents is 1. The molecule has 0 bridgehead atoms. The van der Waals surface area contributed by atoms with Gasteiger partial charge in [0.25, 0.3) is 5.91 Å². The number of carbonyl (C=O) groups excluding carboxylic acids is 1. The zero-order valence-electron chi connectivity index (χ0n) is 18.2. The standard InChI is InChI=1S/C27H29N3O2/c31-23-11-12-25-24(19-23)27(32)28-26(22-9-5-2-6-10-22)30(25)18-17-29-15-13-21(14-16-29)20-7-3-1-4-8-20/h1-12,19,21,26,31H,13-18H2,(H,28,32). The Balaban J connectivity index is 1.31. The molecule has 2 aliphatic heterocycles. The number of nitrogens with zero attached hydrogens (tertiary/aromatic N) is 2. The van der Waals surface area contributed by atoms with E-state index in [2.05, 4.69) is 57.6 Å². The lowest BCUT2D eigenvalue weighted by Gasteiger charge is -2.41. The van der Waals surface area contributed by atoms with Gasteiger partial charge < -0.3 is 20.2 Å². The smallest absolute Gasteiger partial charge is 0.255 e. The monoisotopic (exact) mass is 427 g/mol. The van der Waals surface area contributed by atoms with Crippen LogP contribution in [0.2, 0.25) is 0 Å². The molecule has 0 saturated carbocycles. The quantitative estimate of drug-likeness (QED) is 0.629. The average molecular weight is 428 g/mol. The summed E-state index contributed by atoms with van der Waals surface area (Å²) in [5.41, 5.74) is 3.91. The Morgan fingerprint density at radius 1 is 0.844 bits per heavy atom. The first-order chi connectivity index (χ1) is 15.7. The van der Waals surface area contributed by atoms with Crippen LogP contribution in [0.25, 0.3) is 0 Å². The maximum absolute atomic E-state index is 12.8. The van der Waals surface area contributed by atoms with Gasteiger partial charge in [0.2, 0.25) is 0 Å². The molecule has 0 spiro atoms. The summed E-state index contributed by atoms with van der Waals surface area (Å²) < 4.78 is 0. The second-order valence-electron chi connectivity index (χ2n) is 8.71. The lowest BCUT2D eigenvalue weighted by molar-refractivity contribution is 0.0924. The highest BCUT2D eigenvalue weighted by Crippen LogP contribution is 2.35. The van der Waals surface area contributed by atoms with Crippen LogP contribution >= 0.6 is 0 Å². The van der Waals surface area contributed by atoms with Gasteiger partial charge in [0.05, 0.1) is 11.3 Å². The van der Waals surface area contributed by atoms with Crippen LogP contribution in [0.1, 0.15) is 46.4 Å². The number of piperidine rings is 1. The minimum absolute atomic E-state index is 0.111. The van der Waals surface area contributed by atoms with E-state index in [1.165, 1.54) is 18.4 Å². The highest BCUT2D eigenvalue weighted by molar-refractivity contribution is 6.02. The van der Waals surface area contributed by atoms with E-state index in [0.717, 1.165) is 37.4 Å². The number of rotatable bonds is 5. The molecule has 0 radical (unpaired) electrons. The Kier molecular flexibility index (Phi) is 5.82. The molecule has 2 aliphatic rings. The highest BCUT2D eigenvalue weighted by Gasteiger charge is 2.32. The van der Waals surface area contributed by atoms with Crippen molar-refractivity contribution >= 4 is 11.6 Å². The minimum atomic E-state index is -0.220. The van der Waals surface area contributed by atoms with Crippen molar-refractivity contribution in [3.63, 3.8) is 0 Å². The molecule has 1 amide bonds. The van der Waals surface area contributed by atoms with Crippen LogP contribution in [0, 0.1) is 0 Å². The van der Waals surface area contributed by atoms with E-state index in [0.29, 0.717) is 11.5 Å². The summed E-state index contributed by atoms with van der Waals surface area (Å²) in [5, 5.41) is 13.1. The third-order valence-corrected chi connectivity index (χ3v) is 6.74. The Labute approximate surface area is 189 Å². The van der Waals surface area contributed by atoms with Crippen molar-refractivity contribution in [2.75, 3.05) is 31.1 Å². The van der Waals surface area contributed by atoms with Gasteiger partial charge in [0.15, 0.2) is 0 Å². The summed E-state index contributed by atoms with van der Waals surface area (Å²) >= 11 is 0. The minimum Gasteiger partial charge on any atom is -0.508 e. The van der Waals surface area contributed by atoms with E-state index in [1.54, 1.807) is 12.1 Å². The van der Waals surface area contributed by atoms with Crippen molar-refractivity contribution in [3.05, 3.63) is 95.6 Å². The summed E-state index contributed by atoms with van der Waals surface area (Å²) in [7, 11) is 0. The number of hydrogen-bond donors (Lipinski definition) is 2. The van der Waals surface area contributed by atoms with Gasteiger partial charge in [-0.05, 0) is 61.2 Å². The van der Waals surface area contributed by atoms with Crippen molar-refractivity contribution in [1.29, 1.82) is 0 Å². The van der Waals surface area contributed by atoms with Gasteiger partial charge in [-0.3, -0.25) is 4.79 Å². The molecule has 5 nitrogen and oxygen atoms in total. The molecule has 1 unspecified atom stereocenters. The topological polar surface area (TPSA) is 55.8 Å². The van der Waals surface area contributed by atoms with E-state index >= 15 is 0 Å². The number of anilines is 1. The second-order valence-corrected chi connectivity index (χ2v) is 8.71. The first-order valence-electron chi connectivity index (χ1n) is 11.4. The molecule has 1 atom stereocenters. The number of likely N-dealkylation sites (tertiary alicyclic amines) is 1. The molecule has 164 valence electrons. The van der Waals surface area contributed by atoms with Crippen LogP contribution in [0.15, 0.2) is 78.9 Å². The van der Waals surface area contributed by atoms with E-state index in [9.17, 15) is 9.90 Å². The first kappa shape index (κ1) is 20.6. The number of nitrogens with one attached hydrogen (secondary N) is 1. The molecule has 0 aromatic heterocycles. The molecule has 2 N–H and O–H groups in total. The van der Waals surface area contributed by atoms with Crippen LogP contribution in [-0.4, -0.2) is 42.1 Å². The number of carbonyl (C=O) groups is 1. The number of fused-ring (bicyclic) bond motifs is 1. The van der Waals surface area contributed by atoms with Crippen molar-refractivity contribution < 1.29 is 9.90 Å². The molecule has 2 heterocycles. The van der Waals surface area contributed by atoms with Crippen LogP contribution in [-0.2, 0) is 0 Å². The van der Waals surface area contributed by atoms with Crippen LogP contribution in [0.3, 0.4) is 0 Å². The largest absolute Gasteiger partial charge is 0.508 e. The predicted octanol–water partition coefficient (Wildman–Crippen LogP) is 4.52. The molecule has 32 heavy (non-hydrogen) atoms. The molecule has 5 heteroatoms. The summed E-state index contributed by atoms with van der Waals surface area (Å²) in [4.78, 5) is 17.6. The van der Waals surface area contributed by atoms with Gasteiger partial charge in [-0.1, -0.05) is 60.7 Å². The maximum Gasteiger partial charge on any atom is 0.255 e. The fourth-order valence-electron chi connectivity index (χ4n) is 4.99. The van der Waals surface area contributed by atoms with Gasteiger partial charge in [0.1, 0.15) is 11.9 Å². The molecule has 1 saturated heterocycles. The Morgan fingerprint density at radius 2 is 1.50 bits per heavy atom. The van der Waals surface area contributed by atoms with Gasteiger partial charge in [0, 0.05) is 13.1 Å². The van der Waals surface area contributed by atoms with Crippen molar-refractivity contribution in [3.8, 4) is 5.75 Å². The molecular weight excluding hydrogens is 398 g/mol. The van der Waals surface area contributed by atoms with Gasteiger partial charge in [-0.25, -0.2) is 0 Å². The van der Waals surface area contributed by atoms with Crippen LogP contribution < -0.4 is 10.2 Å². The zero-order chi connectivity index (χ0) is 21.9. The number of benzene rings is 3. The molecule has 5 rings (SSSR count). The van der Waals surface area contributed by atoms with Crippen molar-refractivity contribution in [2.24, 2.45) is 0 Å². The fraction of sp³-hybridized carbons (Fsp3) is 0.296. The van der Waals surface area contributed by atoms with Crippen molar-refractivity contribution in [2.45, 2.75) is 24.9 Å². The first-order valence-corrected chi connectivity index (χ1v) is 11.4. The lowest BCUT2D eigenvalue weighted by Crippen LogP contribution is -2.49. The van der Waals surface area contributed by atoms with Gasteiger partial charge in [-0.2, -0.15) is 0 Å². The van der Waals surface area contributed by atoms with E-state index < -0.39 is 0 Å². The van der Waals surface area contributed by atoms with Crippen LogP contribution in [0.5, 0.6) is 5.75 Å². The predicted molar refractivity (Wildman–Crippen MR) is 127 cm³/mol. The Bertz CT molecular complexity index is 1060. The normalized spacial score (nSPS) is 19.4. The number of hydrogen-bond acceptors (Lipinski definition) is 4. The summed E-state index contributed by atoms with van der Waals surface area (Å²) in [5.74, 6) is 0.604. The van der Waals surface area contributed by atoms with Gasteiger partial charge >= 0.3 is 0 Å². The van der Waals surface area contributed by atoms with Crippen molar-refractivity contribution in [1.82, 2.24) is 10.2 Å². The lowest BCUT2D eigenvalue weighted by atomic mass is 9.89. The molecule has 1 fully saturated rings. The summed E-state index contributed by atoms with van der Waals surface area (Å²) in [6, 6.07) is 26.0. The average Bonchev–Trinajstić information content (AvgIpc) is 2.85. The molecule has 3 aromatic rings. The Morgan fingerprint density at radius 3 is 2.19 bits per heavy atom. The summed E-state index contributed by atoms with van der Waals surface area (Å²) in [6.07, 6.45) is 2.13. The highest BCUT2D eigenvalue weighted by atomic mass is 16.3. The summed E-state index contributed by atoms with van der Waals surface area (Å²) in [6.45, 7) is 3.89. The Hall–Kier alpha value is -3.31. The van der Waals surface area contributed by atoms with Crippen LogP contribution in [0.4, 0.5) is 5.69 Å². The van der Waals surface area contributed by atoms with Gasteiger partial charge in [-0.15, -0.1) is 0 Å². The third-order valence-electron chi connectivity index (χ3n) is 6.74. The number of aromatic hydroxyl groups is 1. The molecule has 3 aromatic carbocycles. The molecule has 0 aliphatic carbocycles. The number of amides is 1. The maximum atomic E-state index is 12.8. The molecular formula is C27H29N3O2. The zero-order valence-corrected chi connectivity index (χ0v) is 18.2. The van der Waals surface area contributed by atoms with E-state index in [-0.39, 0.29) is 17.8 Å². The number of phenols is 1. The van der Waals surface area contributed by atoms with E-state index in [4.69, 9.17) is 0 Å². The third kappa shape index (κ3) is 4.21. The SMILES string of the molecule is O=C1NC(c2ccccc2)N(CCN2CCC(c3ccccc3)CC2)c2ccc(O)cc21. The van der Waals surface area contributed by atoms with E-state index in [1.807, 2.05) is 24.3 Å². The fourth-order valence-corrected chi connectivity index (χ4v) is 4.99.